The van der Waals surface area contributed by atoms with E-state index in [9.17, 15) is 8.42 Å². The molecule has 0 bridgehead atoms. The Morgan fingerprint density at radius 3 is 2.35 bits per heavy atom. The quantitative estimate of drug-likeness (QED) is 0.785. The fourth-order valence-electron chi connectivity index (χ4n) is 1.20. The molecule has 5 nitrogen and oxygen atoms in total. The van der Waals surface area contributed by atoms with Gasteiger partial charge in [0.15, 0.2) is 0 Å². The normalized spacial score (nSPS) is 11.4. The highest BCUT2D eigenvalue weighted by Crippen LogP contribution is 2.11. The molecular formula is C11H17NO4S. The summed E-state index contributed by atoms with van der Waals surface area (Å²) in [6.07, 6.45) is 0. The summed E-state index contributed by atoms with van der Waals surface area (Å²) in [6.45, 7) is 0.466. The van der Waals surface area contributed by atoms with E-state index in [1.54, 1.807) is 19.2 Å². The molecule has 1 aromatic rings. The summed E-state index contributed by atoms with van der Waals surface area (Å²) in [5.41, 5.74) is 0.881. The third-order valence-corrected chi connectivity index (χ3v) is 3.50. The van der Waals surface area contributed by atoms with E-state index < -0.39 is 10.0 Å². The Hall–Kier alpha value is -1.11. The van der Waals surface area contributed by atoms with Crippen molar-refractivity contribution in [1.82, 2.24) is 4.72 Å². The van der Waals surface area contributed by atoms with Gasteiger partial charge in [-0.3, -0.25) is 0 Å². The summed E-state index contributed by atoms with van der Waals surface area (Å²) in [5, 5.41) is 0. The number of benzene rings is 1. The number of hydrogen-bond acceptors (Lipinski definition) is 4. The third-order valence-electron chi connectivity index (χ3n) is 2.21. The minimum absolute atomic E-state index is 0.0281. The maximum absolute atomic E-state index is 11.5. The van der Waals surface area contributed by atoms with Crippen LogP contribution in [0.4, 0.5) is 0 Å². The average molecular weight is 259 g/mol. The molecule has 1 aromatic carbocycles. The van der Waals surface area contributed by atoms with Crippen LogP contribution >= 0.6 is 0 Å². The maximum atomic E-state index is 11.5. The molecule has 0 saturated heterocycles. The van der Waals surface area contributed by atoms with E-state index >= 15 is 0 Å². The predicted molar refractivity (Wildman–Crippen MR) is 65.5 cm³/mol. The van der Waals surface area contributed by atoms with Crippen molar-refractivity contribution in [3.8, 4) is 5.75 Å². The van der Waals surface area contributed by atoms with Crippen LogP contribution in [0.1, 0.15) is 5.56 Å². The van der Waals surface area contributed by atoms with E-state index in [-0.39, 0.29) is 18.9 Å². The van der Waals surface area contributed by atoms with Gasteiger partial charge in [-0.2, -0.15) is 0 Å². The lowest BCUT2D eigenvalue weighted by Crippen LogP contribution is -2.27. The first-order chi connectivity index (χ1) is 8.07. The first-order valence-corrected chi connectivity index (χ1v) is 6.82. The second-order valence-electron chi connectivity index (χ2n) is 3.48. The Morgan fingerprint density at radius 1 is 1.18 bits per heavy atom. The topological polar surface area (TPSA) is 64.6 Å². The molecule has 0 aromatic heterocycles. The Balaban J connectivity index is 2.49. The lowest BCUT2D eigenvalue weighted by atomic mass is 10.2. The van der Waals surface area contributed by atoms with Crippen molar-refractivity contribution in [1.29, 1.82) is 0 Å². The van der Waals surface area contributed by atoms with E-state index in [4.69, 9.17) is 9.47 Å². The molecule has 0 radical (unpaired) electrons. The molecule has 0 heterocycles. The summed E-state index contributed by atoms with van der Waals surface area (Å²) in [6, 6.07) is 7.22. The Morgan fingerprint density at radius 2 is 1.82 bits per heavy atom. The van der Waals surface area contributed by atoms with E-state index in [1.807, 2.05) is 12.1 Å². The molecule has 6 heteroatoms. The van der Waals surface area contributed by atoms with Gasteiger partial charge in [0.25, 0.3) is 0 Å². The van der Waals surface area contributed by atoms with Crippen LogP contribution < -0.4 is 9.46 Å². The lowest BCUT2D eigenvalue weighted by molar-refractivity contribution is 0.217. The van der Waals surface area contributed by atoms with Crippen LogP contribution in [-0.4, -0.2) is 35.0 Å². The SMILES string of the molecule is COCCS(=O)(=O)NCc1ccc(OC)cc1. The van der Waals surface area contributed by atoms with Gasteiger partial charge in [-0.25, -0.2) is 13.1 Å². The first kappa shape index (κ1) is 14.0. The number of hydrogen-bond donors (Lipinski definition) is 1. The van der Waals surface area contributed by atoms with Crippen molar-refractivity contribution in [2.24, 2.45) is 0 Å². The molecular weight excluding hydrogens is 242 g/mol. The Bertz CT molecular complexity index is 427. The van der Waals surface area contributed by atoms with Gasteiger partial charge in [-0.1, -0.05) is 12.1 Å². The molecule has 1 N–H and O–H groups in total. The molecule has 17 heavy (non-hydrogen) atoms. The Kier molecular flexibility index (Phi) is 5.40. The molecule has 0 unspecified atom stereocenters. The zero-order chi connectivity index (χ0) is 12.7. The molecule has 0 atom stereocenters. The van der Waals surface area contributed by atoms with Crippen LogP contribution in [0.3, 0.4) is 0 Å². The van der Waals surface area contributed by atoms with Gasteiger partial charge >= 0.3 is 0 Å². The summed E-state index contributed by atoms with van der Waals surface area (Å²) >= 11 is 0. The molecule has 1 rings (SSSR count). The van der Waals surface area contributed by atoms with Gasteiger partial charge in [0.2, 0.25) is 10.0 Å². The highest BCUT2D eigenvalue weighted by atomic mass is 32.2. The van der Waals surface area contributed by atoms with Crippen LogP contribution in [0, 0.1) is 0 Å². The maximum Gasteiger partial charge on any atom is 0.214 e. The first-order valence-electron chi connectivity index (χ1n) is 5.16. The number of rotatable bonds is 7. The largest absolute Gasteiger partial charge is 0.497 e. The minimum Gasteiger partial charge on any atom is -0.497 e. The fraction of sp³-hybridized carbons (Fsp3) is 0.455. The van der Waals surface area contributed by atoms with Crippen molar-refractivity contribution in [2.45, 2.75) is 6.54 Å². The molecule has 0 spiro atoms. The summed E-state index contributed by atoms with van der Waals surface area (Å²) < 4.78 is 35.2. The van der Waals surface area contributed by atoms with Crippen LogP contribution in [-0.2, 0) is 21.3 Å². The predicted octanol–water partition coefficient (Wildman–Crippen LogP) is 0.761. The van der Waals surface area contributed by atoms with Gasteiger partial charge in [0.05, 0.1) is 19.5 Å². The van der Waals surface area contributed by atoms with Crippen LogP contribution in [0.2, 0.25) is 0 Å². The van der Waals surface area contributed by atoms with Gasteiger partial charge in [-0.15, -0.1) is 0 Å². The van der Waals surface area contributed by atoms with Crippen LogP contribution in [0.25, 0.3) is 0 Å². The number of ether oxygens (including phenoxy) is 2. The zero-order valence-electron chi connectivity index (χ0n) is 9.97. The van der Waals surface area contributed by atoms with Crippen molar-refractivity contribution in [3.05, 3.63) is 29.8 Å². The van der Waals surface area contributed by atoms with E-state index in [0.29, 0.717) is 0 Å². The molecule has 0 amide bonds. The van der Waals surface area contributed by atoms with E-state index in [0.717, 1.165) is 11.3 Å². The highest BCUT2D eigenvalue weighted by Gasteiger charge is 2.08. The molecule has 0 fully saturated rings. The average Bonchev–Trinajstić information content (AvgIpc) is 2.35. The lowest BCUT2D eigenvalue weighted by Gasteiger charge is -2.07. The second kappa shape index (κ2) is 6.58. The smallest absolute Gasteiger partial charge is 0.214 e. The van der Waals surface area contributed by atoms with E-state index in [1.165, 1.54) is 7.11 Å². The number of nitrogens with one attached hydrogen (secondary N) is 1. The van der Waals surface area contributed by atoms with Crippen LogP contribution in [0.15, 0.2) is 24.3 Å². The fourth-order valence-corrected chi connectivity index (χ4v) is 2.12. The molecule has 0 aliphatic carbocycles. The van der Waals surface area contributed by atoms with Gasteiger partial charge in [0, 0.05) is 13.7 Å². The third kappa shape index (κ3) is 5.16. The molecule has 96 valence electrons. The van der Waals surface area contributed by atoms with Gasteiger partial charge in [-0.05, 0) is 17.7 Å². The van der Waals surface area contributed by atoms with Crippen molar-refractivity contribution in [3.63, 3.8) is 0 Å². The van der Waals surface area contributed by atoms with Crippen molar-refractivity contribution >= 4 is 10.0 Å². The summed E-state index contributed by atoms with van der Waals surface area (Å²) in [5.74, 6) is 0.718. The standard InChI is InChI=1S/C11H17NO4S/c1-15-7-8-17(13,14)12-9-10-3-5-11(16-2)6-4-10/h3-6,12H,7-9H2,1-2H3. The van der Waals surface area contributed by atoms with Crippen molar-refractivity contribution < 1.29 is 17.9 Å². The summed E-state index contributed by atoms with van der Waals surface area (Å²) in [4.78, 5) is 0. The Labute approximate surface area is 102 Å². The van der Waals surface area contributed by atoms with Crippen molar-refractivity contribution in [2.75, 3.05) is 26.6 Å². The monoisotopic (exact) mass is 259 g/mol. The van der Waals surface area contributed by atoms with Gasteiger partial charge < -0.3 is 9.47 Å². The molecule has 0 saturated carbocycles. The van der Waals surface area contributed by atoms with Gasteiger partial charge in [0.1, 0.15) is 5.75 Å². The zero-order valence-corrected chi connectivity index (χ0v) is 10.8. The number of sulfonamides is 1. The van der Waals surface area contributed by atoms with Crippen LogP contribution in [0.5, 0.6) is 5.75 Å². The number of methoxy groups -OCH3 is 2. The molecule has 0 aliphatic rings. The highest BCUT2D eigenvalue weighted by molar-refractivity contribution is 7.89. The van der Waals surface area contributed by atoms with E-state index in [2.05, 4.69) is 4.72 Å². The second-order valence-corrected chi connectivity index (χ2v) is 5.41. The summed E-state index contributed by atoms with van der Waals surface area (Å²) in [7, 11) is -0.207. The minimum atomic E-state index is -3.26. The molecule has 0 aliphatic heterocycles.